The second kappa shape index (κ2) is 6.68. The number of thiophene rings is 1. The van der Waals surface area contributed by atoms with Crippen molar-refractivity contribution in [2.75, 3.05) is 6.54 Å². The van der Waals surface area contributed by atoms with Gasteiger partial charge in [0, 0.05) is 22.6 Å². The zero-order valence-electron chi connectivity index (χ0n) is 9.57. The van der Waals surface area contributed by atoms with Crippen LogP contribution in [0.25, 0.3) is 0 Å². The summed E-state index contributed by atoms with van der Waals surface area (Å²) in [5.41, 5.74) is 2.08. The van der Waals surface area contributed by atoms with E-state index in [9.17, 15) is 5.11 Å². The first-order chi connectivity index (χ1) is 8.66. The third kappa shape index (κ3) is 3.80. The smallest absolute Gasteiger partial charge is 0.0922 e. The Labute approximate surface area is 124 Å². The Morgan fingerprint density at radius 3 is 2.89 bits per heavy atom. The fourth-order valence-electron chi connectivity index (χ4n) is 1.59. The van der Waals surface area contributed by atoms with E-state index in [0.29, 0.717) is 18.1 Å². The van der Waals surface area contributed by atoms with Crippen LogP contribution in [0, 0.1) is 0 Å². The van der Waals surface area contributed by atoms with Crippen LogP contribution >= 0.6 is 38.9 Å². The van der Waals surface area contributed by atoms with Crippen molar-refractivity contribution in [2.45, 2.75) is 12.6 Å². The lowest BCUT2D eigenvalue weighted by Gasteiger charge is -2.11. The number of rotatable bonds is 5. The van der Waals surface area contributed by atoms with Crippen molar-refractivity contribution in [1.29, 1.82) is 0 Å². The number of aliphatic hydroxyl groups is 1. The molecule has 0 spiro atoms. The summed E-state index contributed by atoms with van der Waals surface area (Å²) < 4.78 is 0.979. The van der Waals surface area contributed by atoms with E-state index >= 15 is 0 Å². The molecule has 0 bridgehead atoms. The second-order valence-electron chi connectivity index (χ2n) is 3.94. The zero-order chi connectivity index (χ0) is 13.0. The molecule has 2 N–H and O–H groups in total. The minimum atomic E-state index is -0.456. The number of halogens is 2. The van der Waals surface area contributed by atoms with Gasteiger partial charge in [-0.2, -0.15) is 11.3 Å². The number of hydrogen-bond donors (Lipinski definition) is 2. The van der Waals surface area contributed by atoms with Crippen LogP contribution in [0.4, 0.5) is 0 Å². The zero-order valence-corrected chi connectivity index (χ0v) is 12.7. The van der Waals surface area contributed by atoms with Crippen LogP contribution in [0.15, 0.2) is 39.5 Å². The summed E-state index contributed by atoms with van der Waals surface area (Å²) in [6.45, 7) is 1.23. The fraction of sp³-hybridized carbons (Fsp3) is 0.231. The van der Waals surface area contributed by atoms with E-state index in [1.807, 2.05) is 35.0 Å². The molecule has 18 heavy (non-hydrogen) atoms. The normalized spacial score (nSPS) is 12.6. The van der Waals surface area contributed by atoms with Gasteiger partial charge in [-0.15, -0.1) is 0 Å². The summed E-state index contributed by atoms with van der Waals surface area (Å²) in [6, 6.07) is 7.64. The van der Waals surface area contributed by atoms with E-state index in [1.165, 1.54) is 0 Å². The maximum Gasteiger partial charge on any atom is 0.0922 e. The topological polar surface area (TPSA) is 32.3 Å². The van der Waals surface area contributed by atoms with Gasteiger partial charge in [-0.1, -0.05) is 33.6 Å². The van der Waals surface area contributed by atoms with E-state index in [4.69, 9.17) is 11.6 Å². The summed E-state index contributed by atoms with van der Waals surface area (Å²) in [6.07, 6.45) is -0.456. The Kier molecular flexibility index (Phi) is 5.21. The molecule has 1 aromatic carbocycles. The van der Waals surface area contributed by atoms with E-state index < -0.39 is 6.10 Å². The molecule has 2 rings (SSSR count). The van der Waals surface area contributed by atoms with Gasteiger partial charge in [0.15, 0.2) is 0 Å². The number of hydrogen-bond acceptors (Lipinski definition) is 3. The molecule has 0 radical (unpaired) electrons. The third-order valence-electron chi connectivity index (χ3n) is 2.60. The van der Waals surface area contributed by atoms with Crippen molar-refractivity contribution in [3.05, 3.63) is 55.6 Å². The van der Waals surface area contributed by atoms with Crippen LogP contribution in [0.1, 0.15) is 17.2 Å². The highest BCUT2D eigenvalue weighted by molar-refractivity contribution is 9.10. The van der Waals surface area contributed by atoms with E-state index in [1.54, 1.807) is 11.3 Å². The van der Waals surface area contributed by atoms with Gasteiger partial charge in [0.25, 0.3) is 0 Å². The van der Waals surface area contributed by atoms with E-state index in [2.05, 4.69) is 21.2 Å². The van der Waals surface area contributed by atoms with Crippen molar-refractivity contribution >= 4 is 38.9 Å². The summed E-state index contributed by atoms with van der Waals surface area (Å²) in [4.78, 5) is 0. The Balaban J connectivity index is 1.85. The van der Waals surface area contributed by atoms with Crippen LogP contribution in [0.5, 0.6) is 0 Å². The van der Waals surface area contributed by atoms with Crippen LogP contribution in [-0.2, 0) is 6.54 Å². The standard InChI is InChI=1S/C13H13BrClNOS/c14-12-5-11(15)2-1-9(12)6-16-7-13(17)10-3-4-18-8-10/h1-5,8,13,16-17H,6-7H2. The van der Waals surface area contributed by atoms with Gasteiger partial charge >= 0.3 is 0 Å². The maximum absolute atomic E-state index is 9.91. The summed E-state index contributed by atoms with van der Waals surface area (Å²) in [5.74, 6) is 0. The molecule has 96 valence electrons. The van der Waals surface area contributed by atoms with Crippen molar-refractivity contribution < 1.29 is 5.11 Å². The molecule has 0 saturated heterocycles. The highest BCUT2D eigenvalue weighted by Crippen LogP contribution is 2.21. The molecule has 2 nitrogen and oxygen atoms in total. The molecule has 1 unspecified atom stereocenters. The van der Waals surface area contributed by atoms with Crippen molar-refractivity contribution in [3.8, 4) is 0 Å². The third-order valence-corrected chi connectivity index (χ3v) is 4.27. The average Bonchev–Trinajstić information content (AvgIpc) is 2.85. The molecule has 0 aliphatic carbocycles. The SMILES string of the molecule is OC(CNCc1ccc(Cl)cc1Br)c1ccsc1. The van der Waals surface area contributed by atoms with Crippen molar-refractivity contribution in [2.24, 2.45) is 0 Å². The van der Waals surface area contributed by atoms with Gasteiger partial charge in [-0.25, -0.2) is 0 Å². The molecule has 0 amide bonds. The Morgan fingerprint density at radius 1 is 1.39 bits per heavy atom. The van der Waals surface area contributed by atoms with Gasteiger partial charge in [0.2, 0.25) is 0 Å². The fourth-order valence-corrected chi connectivity index (χ4v) is 3.12. The predicted molar refractivity (Wildman–Crippen MR) is 80.1 cm³/mol. The highest BCUT2D eigenvalue weighted by atomic mass is 79.9. The summed E-state index contributed by atoms with van der Waals surface area (Å²) in [5, 5.41) is 17.8. The Morgan fingerprint density at radius 2 is 2.22 bits per heavy atom. The van der Waals surface area contributed by atoms with Gasteiger partial charge in [-0.05, 0) is 40.1 Å². The minimum absolute atomic E-state index is 0.456. The molecule has 1 aromatic heterocycles. The molecule has 5 heteroatoms. The van der Waals surface area contributed by atoms with E-state index in [-0.39, 0.29) is 0 Å². The van der Waals surface area contributed by atoms with E-state index in [0.717, 1.165) is 15.6 Å². The first-order valence-electron chi connectivity index (χ1n) is 5.51. The van der Waals surface area contributed by atoms with Crippen LogP contribution in [0.3, 0.4) is 0 Å². The molecule has 0 aliphatic heterocycles. The number of aliphatic hydroxyl groups excluding tert-OH is 1. The summed E-state index contributed by atoms with van der Waals surface area (Å²) in [7, 11) is 0. The first-order valence-corrected chi connectivity index (χ1v) is 7.63. The molecule has 1 heterocycles. The molecule has 0 fully saturated rings. The van der Waals surface area contributed by atoms with Gasteiger partial charge < -0.3 is 10.4 Å². The monoisotopic (exact) mass is 345 g/mol. The minimum Gasteiger partial charge on any atom is -0.387 e. The highest BCUT2D eigenvalue weighted by Gasteiger charge is 2.07. The van der Waals surface area contributed by atoms with Crippen LogP contribution in [-0.4, -0.2) is 11.7 Å². The molecular formula is C13H13BrClNOS. The van der Waals surface area contributed by atoms with Crippen molar-refractivity contribution in [3.63, 3.8) is 0 Å². The molecular weight excluding hydrogens is 334 g/mol. The Hall–Kier alpha value is -0.390. The average molecular weight is 347 g/mol. The first kappa shape index (κ1) is 14.0. The molecule has 0 aliphatic rings. The Bertz CT molecular complexity index is 504. The van der Waals surface area contributed by atoms with Gasteiger partial charge in [-0.3, -0.25) is 0 Å². The number of benzene rings is 1. The van der Waals surface area contributed by atoms with Crippen LogP contribution < -0.4 is 5.32 Å². The summed E-state index contributed by atoms with van der Waals surface area (Å²) >= 11 is 10.9. The molecule has 1 atom stereocenters. The largest absolute Gasteiger partial charge is 0.387 e. The number of nitrogens with one attached hydrogen (secondary N) is 1. The molecule has 2 aromatic rings. The lowest BCUT2D eigenvalue weighted by molar-refractivity contribution is 0.175. The van der Waals surface area contributed by atoms with Crippen LogP contribution in [0.2, 0.25) is 5.02 Å². The van der Waals surface area contributed by atoms with Gasteiger partial charge in [0.05, 0.1) is 6.10 Å². The van der Waals surface area contributed by atoms with Crippen molar-refractivity contribution in [1.82, 2.24) is 5.32 Å². The lowest BCUT2D eigenvalue weighted by Crippen LogP contribution is -2.20. The van der Waals surface area contributed by atoms with Gasteiger partial charge in [0.1, 0.15) is 0 Å². The second-order valence-corrected chi connectivity index (χ2v) is 6.01. The quantitative estimate of drug-likeness (QED) is 0.858. The lowest BCUT2D eigenvalue weighted by atomic mass is 10.2. The molecule has 0 saturated carbocycles. The predicted octanol–water partition coefficient (Wildman–Crippen LogP) is 3.99. The maximum atomic E-state index is 9.91.